The lowest BCUT2D eigenvalue weighted by Gasteiger charge is -2.07. The molecule has 0 aromatic heterocycles. The highest BCUT2D eigenvalue weighted by molar-refractivity contribution is 6.18. The molecular formula is C18H23ClO5. The number of rotatable bonds is 12. The van der Waals surface area contributed by atoms with Gasteiger partial charge in [-0.25, -0.2) is 4.79 Å². The van der Waals surface area contributed by atoms with Crippen molar-refractivity contribution < 1.29 is 24.2 Å². The van der Waals surface area contributed by atoms with Crippen molar-refractivity contribution in [1.82, 2.24) is 0 Å². The smallest absolute Gasteiger partial charge is 0.328 e. The molecule has 0 heterocycles. The minimum atomic E-state index is -0.968. The molecule has 0 bridgehead atoms. The molecule has 1 aromatic carbocycles. The summed E-state index contributed by atoms with van der Waals surface area (Å²) in [5.41, 5.74) is 0.813. The van der Waals surface area contributed by atoms with E-state index < -0.39 is 5.97 Å². The van der Waals surface area contributed by atoms with Gasteiger partial charge in [-0.2, -0.15) is 0 Å². The number of unbranched alkanes of at least 4 members (excludes halogenated alkanes) is 3. The average Bonchev–Trinajstić information content (AvgIpc) is 2.56. The van der Waals surface area contributed by atoms with E-state index in [0.29, 0.717) is 19.1 Å². The van der Waals surface area contributed by atoms with E-state index in [1.807, 2.05) is 24.3 Å². The van der Waals surface area contributed by atoms with Crippen LogP contribution in [0.2, 0.25) is 0 Å². The van der Waals surface area contributed by atoms with Gasteiger partial charge in [0.05, 0.1) is 19.6 Å². The van der Waals surface area contributed by atoms with Gasteiger partial charge in [-0.1, -0.05) is 12.1 Å². The van der Waals surface area contributed by atoms with Crippen LogP contribution in [0.3, 0.4) is 0 Å². The van der Waals surface area contributed by atoms with E-state index in [0.717, 1.165) is 43.1 Å². The van der Waals surface area contributed by atoms with Crippen LogP contribution in [0.5, 0.6) is 5.75 Å². The van der Waals surface area contributed by atoms with Gasteiger partial charge in [0.1, 0.15) is 5.75 Å². The Labute approximate surface area is 147 Å². The number of carbonyl (C=O) groups is 2. The summed E-state index contributed by atoms with van der Waals surface area (Å²) in [6.45, 7) is 1.07. The molecule has 0 saturated carbocycles. The highest BCUT2D eigenvalue weighted by atomic mass is 35.5. The van der Waals surface area contributed by atoms with Crippen LogP contribution in [0, 0.1) is 0 Å². The van der Waals surface area contributed by atoms with Crippen LogP contribution in [0.15, 0.2) is 30.3 Å². The highest BCUT2D eigenvalue weighted by Crippen LogP contribution is 2.14. The summed E-state index contributed by atoms with van der Waals surface area (Å²) in [4.78, 5) is 21.5. The summed E-state index contributed by atoms with van der Waals surface area (Å²) in [6.07, 6.45) is 6.66. The largest absolute Gasteiger partial charge is 0.494 e. The van der Waals surface area contributed by atoms with Gasteiger partial charge >= 0.3 is 11.9 Å². The third-order valence-electron chi connectivity index (χ3n) is 3.17. The fourth-order valence-corrected chi connectivity index (χ4v) is 2.08. The van der Waals surface area contributed by atoms with Gasteiger partial charge in [-0.05, 0) is 49.5 Å². The van der Waals surface area contributed by atoms with Crippen molar-refractivity contribution in [3.63, 3.8) is 0 Å². The van der Waals surface area contributed by atoms with Crippen molar-refractivity contribution in [2.24, 2.45) is 0 Å². The van der Waals surface area contributed by atoms with Crippen molar-refractivity contribution in [3.8, 4) is 5.75 Å². The quantitative estimate of drug-likeness (QED) is 0.267. The fourth-order valence-electron chi connectivity index (χ4n) is 1.93. The Balaban J connectivity index is 2.07. The molecule has 1 N–H and O–H groups in total. The molecule has 0 unspecified atom stereocenters. The molecular weight excluding hydrogens is 332 g/mol. The number of hydrogen-bond acceptors (Lipinski definition) is 4. The minimum Gasteiger partial charge on any atom is -0.494 e. The Morgan fingerprint density at radius 3 is 2.33 bits per heavy atom. The van der Waals surface area contributed by atoms with Gasteiger partial charge in [0, 0.05) is 12.0 Å². The summed E-state index contributed by atoms with van der Waals surface area (Å²) in [6, 6.07) is 7.25. The molecule has 0 amide bonds. The van der Waals surface area contributed by atoms with E-state index in [1.165, 1.54) is 6.08 Å². The normalized spacial score (nSPS) is 10.7. The molecule has 132 valence electrons. The van der Waals surface area contributed by atoms with Gasteiger partial charge in [-0.3, -0.25) is 4.79 Å². The van der Waals surface area contributed by atoms with Gasteiger partial charge in [-0.15, -0.1) is 11.6 Å². The van der Waals surface area contributed by atoms with E-state index in [1.54, 1.807) is 0 Å². The third-order valence-corrected chi connectivity index (χ3v) is 3.36. The molecule has 0 aliphatic heterocycles. The summed E-state index contributed by atoms with van der Waals surface area (Å²) in [5.74, 6) is -0.149. The number of halogens is 1. The van der Waals surface area contributed by atoms with Crippen molar-refractivity contribution in [3.05, 3.63) is 35.9 Å². The maximum Gasteiger partial charge on any atom is 0.328 e. The molecule has 1 rings (SSSR count). The molecule has 5 nitrogen and oxygen atoms in total. The Hall–Kier alpha value is -2.01. The van der Waals surface area contributed by atoms with Gasteiger partial charge < -0.3 is 14.6 Å². The zero-order chi connectivity index (χ0) is 17.6. The van der Waals surface area contributed by atoms with Gasteiger partial charge in [0.25, 0.3) is 0 Å². The number of ether oxygens (including phenoxy) is 2. The molecule has 0 radical (unpaired) electrons. The highest BCUT2D eigenvalue weighted by Gasteiger charge is 2.00. The van der Waals surface area contributed by atoms with Crippen LogP contribution in [0.4, 0.5) is 0 Å². The predicted octanol–water partition coefficient (Wildman–Crippen LogP) is 3.90. The number of carboxylic acid groups (broad SMARTS) is 1. The maximum atomic E-state index is 11.1. The first-order valence-corrected chi connectivity index (χ1v) is 8.50. The Morgan fingerprint density at radius 2 is 1.71 bits per heavy atom. The number of hydrogen-bond donors (Lipinski definition) is 1. The first-order chi connectivity index (χ1) is 11.6. The first kappa shape index (κ1) is 20.0. The van der Waals surface area contributed by atoms with Crippen LogP contribution in [0.1, 0.15) is 37.7 Å². The second-order valence-corrected chi connectivity index (χ2v) is 5.54. The number of benzene rings is 1. The molecule has 0 aliphatic rings. The topological polar surface area (TPSA) is 72.8 Å². The summed E-state index contributed by atoms with van der Waals surface area (Å²) in [7, 11) is 0. The molecule has 0 aliphatic carbocycles. The van der Waals surface area contributed by atoms with Crippen LogP contribution in [0.25, 0.3) is 6.08 Å². The van der Waals surface area contributed by atoms with E-state index >= 15 is 0 Å². The number of carboxylic acids is 1. The average molecular weight is 355 g/mol. The first-order valence-electron chi connectivity index (χ1n) is 7.97. The minimum absolute atomic E-state index is 0.241. The van der Waals surface area contributed by atoms with Gasteiger partial charge in [0.2, 0.25) is 0 Å². The molecule has 0 saturated heterocycles. The Kier molecular flexibility index (Phi) is 10.4. The summed E-state index contributed by atoms with van der Waals surface area (Å²) in [5, 5.41) is 8.56. The number of carbonyl (C=O) groups excluding carboxylic acids is 1. The SMILES string of the molecule is O=C(O)/C=C/c1ccc(OCCCCCCOC(=O)CCCl)cc1. The van der Waals surface area contributed by atoms with Crippen molar-refractivity contribution in [2.45, 2.75) is 32.1 Å². The monoisotopic (exact) mass is 354 g/mol. The van der Waals surface area contributed by atoms with Gasteiger partial charge in [0.15, 0.2) is 0 Å². The van der Waals surface area contributed by atoms with Crippen LogP contribution < -0.4 is 4.74 Å². The van der Waals surface area contributed by atoms with Crippen LogP contribution in [-0.2, 0) is 14.3 Å². The summed E-state index contributed by atoms with van der Waals surface area (Å²) < 4.78 is 10.6. The number of aliphatic carboxylic acids is 1. The second-order valence-electron chi connectivity index (χ2n) is 5.16. The van der Waals surface area contributed by atoms with Crippen LogP contribution >= 0.6 is 11.6 Å². The molecule has 1 aromatic rings. The van der Waals surface area contributed by atoms with Crippen LogP contribution in [-0.4, -0.2) is 36.1 Å². The van der Waals surface area contributed by atoms with E-state index in [9.17, 15) is 9.59 Å². The molecule has 24 heavy (non-hydrogen) atoms. The Morgan fingerprint density at radius 1 is 1.04 bits per heavy atom. The standard InChI is InChI=1S/C18H23ClO5/c19-12-11-18(22)24-14-4-2-1-3-13-23-16-8-5-15(6-9-16)7-10-17(20)21/h5-10H,1-4,11-14H2,(H,20,21)/b10-7+. The molecule has 0 fully saturated rings. The predicted molar refractivity (Wildman–Crippen MR) is 93.4 cm³/mol. The van der Waals surface area contributed by atoms with Crippen molar-refractivity contribution in [1.29, 1.82) is 0 Å². The third kappa shape index (κ3) is 9.90. The lowest BCUT2D eigenvalue weighted by molar-refractivity contribution is -0.143. The number of esters is 1. The fraction of sp³-hybridized carbons (Fsp3) is 0.444. The zero-order valence-corrected chi connectivity index (χ0v) is 14.3. The van der Waals surface area contributed by atoms with E-state index in [2.05, 4.69) is 0 Å². The molecule has 0 spiro atoms. The molecule has 6 heteroatoms. The van der Waals surface area contributed by atoms with Crippen molar-refractivity contribution >= 4 is 29.6 Å². The Bertz CT molecular complexity index is 525. The molecule has 0 atom stereocenters. The summed E-state index contributed by atoms with van der Waals surface area (Å²) >= 11 is 5.44. The maximum absolute atomic E-state index is 11.1. The number of alkyl halides is 1. The zero-order valence-electron chi connectivity index (χ0n) is 13.6. The lowest BCUT2D eigenvalue weighted by atomic mass is 10.2. The lowest BCUT2D eigenvalue weighted by Crippen LogP contribution is -2.06. The van der Waals surface area contributed by atoms with E-state index in [-0.39, 0.29) is 12.4 Å². The second kappa shape index (κ2) is 12.4. The van der Waals surface area contributed by atoms with E-state index in [4.69, 9.17) is 26.2 Å². The van der Waals surface area contributed by atoms with Crippen molar-refractivity contribution in [2.75, 3.05) is 19.1 Å².